The van der Waals surface area contributed by atoms with Crippen LogP contribution in [0.4, 0.5) is 0 Å². The molecule has 0 spiro atoms. The maximum absolute atomic E-state index is 7.17. The van der Waals surface area contributed by atoms with E-state index >= 15 is 0 Å². The lowest BCUT2D eigenvalue weighted by molar-refractivity contribution is 0.959. The molecular formula is C19H25ClSi. The quantitative estimate of drug-likeness (QED) is 0.571. The van der Waals surface area contributed by atoms with Crippen molar-refractivity contribution < 1.29 is 0 Å². The Hall–Kier alpha value is -1.05. The topological polar surface area (TPSA) is 0 Å². The van der Waals surface area contributed by atoms with E-state index in [1.807, 2.05) is 0 Å². The van der Waals surface area contributed by atoms with E-state index in [0.717, 1.165) is 10.2 Å². The fourth-order valence-corrected chi connectivity index (χ4v) is 6.14. The fourth-order valence-electron chi connectivity index (χ4n) is 3.97. The van der Waals surface area contributed by atoms with E-state index in [0.29, 0.717) is 0 Å². The lowest BCUT2D eigenvalue weighted by Gasteiger charge is -2.31. The summed E-state index contributed by atoms with van der Waals surface area (Å²) in [7, 11) is 0.879. The van der Waals surface area contributed by atoms with Gasteiger partial charge in [0, 0.05) is 10.2 Å². The molecule has 2 aromatic carbocycles. The third-order valence-corrected chi connectivity index (χ3v) is 5.67. The molecule has 21 heavy (non-hydrogen) atoms. The third-order valence-electron chi connectivity index (χ3n) is 4.29. The maximum Gasteiger partial charge on any atom is 0.0758 e. The number of hydrogen-bond acceptors (Lipinski definition) is 0. The molecule has 112 valence electrons. The van der Waals surface area contributed by atoms with Gasteiger partial charge in [-0.05, 0) is 74.9 Å². The zero-order chi connectivity index (χ0) is 15.9. The molecule has 0 aromatic heterocycles. The Bertz CT molecular complexity index is 593. The zero-order valence-electron chi connectivity index (χ0n) is 14.2. The van der Waals surface area contributed by atoms with Gasteiger partial charge in [-0.25, -0.2) is 0 Å². The average molecular weight is 317 g/mol. The largest absolute Gasteiger partial charge is 0.114 e. The van der Waals surface area contributed by atoms with Crippen molar-refractivity contribution in [3.05, 3.63) is 68.8 Å². The third kappa shape index (κ3) is 2.95. The monoisotopic (exact) mass is 316 g/mol. The average Bonchev–Trinajstić information content (AvgIpc) is 2.23. The molecule has 2 heteroatoms. The van der Waals surface area contributed by atoms with Crippen molar-refractivity contribution in [2.24, 2.45) is 0 Å². The van der Waals surface area contributed by atoms with Crippen molar-refractivity contribution in [1.82, 2.24) is 0 Å². The van der Waals surface area contributed by atoms with Crippen LogP contribution in [0.2, 0.25) is 0 Å². The normalized spacial score (nSPS) is 12.0. The van der Waals surface area contributed by atoms with Crippen LogP contribution in [0.15, 0.2) is 24.3 Å². The zero-order valence-corrected chi connectivity index (χ0v) is 16.9. The summed E-state index contributed by atoms with van der Waals surface area (Å²) in [6.45, 7) is 13.0. The summed E-state index contributed by atoms with van der Waals surface area (Å²) < 4.78 is -0.357. The number of halogens is 1. The second-order valence-corrected chi connectivity index (χ2v) is 9.44. The van der Waals surface area contributed by atoms with E-state index in [-0.39, 0.29) is 4.50 Å². The van der Waals surface area contributed by atoms with Gasteiger partial charge in [-0.3, -0.25) is 0 Å². The Kier molecular flexibility index (Phi) is 4.37. The van der Waals surface area contributed by atoms with E-state index in [1.165, 1.54) is 44.5 Å². The highest BCUT2D eigenvalue weighted by molar-refractivity contribution is 6.47. The fraction of sp³-hybridized carbons (Fsp3) is 0.368. The molecule has 0 atom stereocenters. The van der Waals surface area contributed by atoms with Gasteiger partial charge in [0.1, 0.15) is 0 Å². The summed E-state index contributed by atoms with van der Waals surface area (Å²) >= 11 is 7.17. The predicted molar refractivity (Wildman–Crippen MR) is 97.9 cm³/mol. The lowest BCUT2D eigenvalue weighted by atomic mass is 9.88. The van der Waals surface area contributed by atoms with Crippen LogP contribution in [0.5, 0.6) is 0 Å². The highest BCUT2D eigenvalue weighted by atomic mass is 35.5. The first-order valence-electron chi connectivity index (χ1n) is 7.50. The number of aryl methyl sites for hydroxylation is 6. The minimum absolute atomic E-state index is 0.357. The SMILES string of the molecule is Cc1cc(C)c(C([SiH3])(Cl)c2c(C)cc(C)cc2C)c(C)c1. The van der Waals surface area contributed by atoms with Gasteiger partial charge in [0.05, 0.1) is 4.50 Å². The Labute approximate surface area is 137 Å². The van der Waals surface area contributed by atoms with Crippen molar-refractivity contribution in [2.75, 3.05) is 0 Å². The van der Waals surface area contributed by atoms with Crippen LogP contribution in [-0.4, -0.2) is 10.2 Å². The van der Waals surface area contributed by atoms with Crippen molar-refractivity contribution in [3.8, 4) is 0 Å². The summed E-state index contributed by atoms with van der Waals surface area (Å²) in [6, 6.07) is 8.98. The van der Waals surface area contributed by atoms with Crippen LogP contribution >= 0.6 is 11.6 Å². The van der Waals surface area contributed by atoms with Gasteiger partial charge in [0.2, 0.25) is 0 Å². The standard InChI is InChI=1S/C19H25ClSi/c1-11-7-13(3)17(14(4)8-11)19(20,21)18-15(5)9-12(2)10-16(18)6/h7-10H,1-6,21H3. The maximum atomic E-state index is 7.17. The van der Waals surface area contributed by atoms with Crippen molar-refractivity contribution in [1.29, 1.82) is 0 Å². The van der Waals surface area contributed by atoms with Gasteiger partial charge in [0.15, 0.2) is 0 Å². The Morgan fingerprint density at radius 1 is 0.667 bits per heavy atom. The summed E-state index contributed by atoms with van der Waals surface area (Å²) in [5, 5.41) is 0. The van der Waals surface area contributed by atoms with Crippen LogP contribution in [0.25, 0.3) is 0 Å². The first kappa shape index (κ1) is 16.3. The molecule has 0 aliphatic carbocycles. The molecule has 0 unspecified atom stereocenters. The number of hydrogen-bond donors (Lipinski definition) is 0. The molecular weight excluding hydrogens is 292 g/mol. The molecule has 2 rings (SSSR count). The summed E-state index contributed by atoms with van der Waals surface area (Å²) in [6.07, 6.45) is 0. The summed E-state index contributed by atoms with van der Waals surface area (Å²) in [4.78, 5) is 0. The number of rotatable bonds is 2. The van der Waals surface area contributed by atoms with Crippen LogP contribution < -0.4 is 0 Å². The van der Waals surface area contributed by atoms with Gasteiger partial charge >= 0.3 is 0 Å². The Balaban J connectivity index is 2.74. The first-order valence-corrected chi connectivity index (χ1v) is 8.88. The predicted octanol–water partition coefficient (Wildman–Crippen LogP) is 4.34. The van der Waals surface area contributed by atoms with Gasteiger partial charge in [0.25, 0.3) is 0 Å². The van der Waals surface area contributed by atoms with Crippen LogP contribution in [0, 0.1) is 41.5 Å². The molecule has 0 fully saturated rings. The molecule has 2 aromatic rings. The van der Waals surface area contributed by atoms with E-state index in [2.05, 4.69) is 65.8 Å². The molecule has 0 nitrogen and oxygen atoms in total. The Morgan fingerprint density at radius 3 is 1.14 bits per heavy atom. The molecule has 0 amide bonds. The highest BCUT2D eigenvalue weighted by Crippen LogP contribution is 2.41. The van der Waals surface area contributed by atoms with Crippen molar-refractivity contribution in [2.45, 2.75) is 46.0 Å². The minimum Gasteiger partial charge on any atom is -0.114 e. The first-order chi connectivity index (χ1) is 9.64. The van der Waals surface area contributed by atoms with Crippen molar-refractivity contribution in [3.63, 3.8) is 0 Å². The van der Waals surface area contributed by atoms with Gasteiger partial charge in [-0.2, -0.15) is 0 Å². The minimum atomic E-state index is -0.357. The second kappa shape index (κ2) is 5.62. The van der Waals surface area contributed by atoms with Gasteiger partial charge in [-0.1, -0.05) is 35.4 Å². The van der Waals surface area contributed by atoms with E-state index in [9.17, 15) is 0 Å². The molecule has 0 saturated carbocycles. The van der Waals surface area contributed by atoms with Gasteiger partial charge in [-0.15, -0.1) is 11.6 Å². The molecule has 0 aliphatic heterocycles. The lowest BCUT2D eigenvalue weighted by Crippen LogP contribution is -2.26. The molecule has 0 aliphatic rings. The number of alkyl halides is 1. The van der Waals surface area contributed by atoms with Gasteiger partial charge < -0.3 is 0 Å². The second-order valence-electron chi connectivity index (χ2n) is 6.55. The Morgan fingerprint density at radius 2 is 0.905 bits per heavy atom. The summed E-state index contributed by atoms with van der Waals surface area (Å²) in [5.41, 5.74) is 10.4. The molecule has 0 N–H and O–H groups in total. The molecule has 0 heterocycles. The molecule has 0 saturated heterocycles. The van der Waals surface area contributed by atoms with Crippen LogP contribution in [-0.2, 0) is 4.50 Å². The van der Waals surface area contributed by atoms with Crippen molar-refractivity contribution >= 4 is 21.8 Å². The van der Waals surface area contributed by atoms with Crippen LogP contribution in [0.3, 0.4) is 0 Å². The smallest absolute Gasteiger partial charge is 0.0758 e. The van der Waals surface area contributed by atoms with E-state index in [1.54, 1.807) is 0 Å². The molecule has 0 bridgehead atoms. The number of benzene rings is 2. The molecule has 0 radical (unpaired) electrons. The van der Waals surface area contributed by atoms with Crippen LogP contribution in [0.1, 0.15) is 44.5 Å². The van der Waals surface area contributed by atoms with E-state index in [4.69, 9.17) is 11.6 Å². The summed E-state index contributed by atoms with van der Waals surface area (Å²) in [5.74, 6) is 0. The van der Waals surface area contributed by atoms with E-state index < -0.39 is 0 Å². The highest BCUT2D eigenvalue weighted by Gasteiger charge is 2.32.